The van der Waals surface area contributed by atoms with E-state index in [4.69, 9.17) is 0 Å². The van der Waals surface area contributed by atoms with Crippen molar-refractivity contribution in [1.82, 2.24) is 0 Å². The predicted molar refractivity (Wildman–Crippen MR) is 185 cm³/mol. The third kappa shape index (κ3) is 4.31. The zero-order valence-corrected chi connectivity index (χ0v) is 24.9. The lowest BCUT2D eigenvalue weighted by molar-refractivity contribution is 0.768. The Morgan fingerprint density at radius 1 is 0.545 bits per heavy atom. The van der Waals surface area contributed by atoms with Crippen LogP contribution in [0.25, 0.3) is 22.3 Å². The molecule has 0 radical (unpaired) electrons. The fraction of sp³-hybridized carbons (Fsp3) is 0.116. The molecule has 0 bridgehead atoms. The van der Waals surface area contributed by atoms with E-state index in [-0.39, 0.29) is 0 Å². The molecule has 0 aliphatic heterocycles. The van der Waals surface area contributed by atoms with Crippen molar-refractivity contribution in [3.63, 3.8) is 0 Å². The molecule has 0 aromatic heterocycles. The van der Waals surface area contributed by atoms with Crippen LogP contribution in [0.5, 0.6) is 0 Å². The topological polar surface area (TPSA) is 3.24 Å². The number of hydrogen-bond donors (Lipinski definition) is 0. The van der Waals surface area contributed by atoms with Crippen LogP contribution in [0.3, 0.4) is 0 Å². The van der Waals surface area contributed by atoms with Crippen molar-refractivity contribution < 1.29 is 0 Å². The van der Waals surface area contributed by atoms with Crippen molar-refractivity contribution in [2.24, 2.45) is 0 Å². The normalized spacial score (nSPS) is 16.1. The summed E-state index contributed by atoms with van der Waals surface area (Å²) in [4.78, 5) is 2.50. The predicted octanol–water partition coefficient (Wildman–Crippen LogP) is 11.0. The van der Waals surface area contributed by atoms with Crippen molar-refractivity contribution in [2.75, 3.05) is 4.90 Å². The van der Waals surface area contributed by atoms with Crippen LogP contribution in [0.4, 0.5) is 5.69 Å². The van der Waals surface area contributed by atoms with Crippen molar-refractivity contribution in [2.45, 2.75) is 31.1 Å². The van der Waals surface area contributed by atoms with E-state index in [1.165, 1.54) is 61.6 Å². The van der Waals surface area contributed by atoms with Crippen molar-refractivity contribution in [1.29, 1.82) is 0 Å². The molecule has 3 aliphatic carbocycles. The second-order valence-corrected chi connectivity index (χ2v) is 11.9. The molecule has 0 fully saturated rings. The number of hydrogen-bond acceptors (Lipinski definition) is 1. The van der Waals surface area contributed by atoms with Gasteiger partial charge in [0.15, 0.2) is 0 Å². The molecule has 0 unspecified atom stereocenters. The lowest BCUT2D eigenvalue weighted by Crippen LogP contribution is -2.29. The van der Waals surface area contributed by atoms with E-state index in [0.717, 1.165) is 25.7 Å². The average Bonchev–Trinajstić information content (AvgIpc) is 3.40. The second kappa shape index (κ2) is 11.2. The van der Waals surface area contributed by atoms with E-state index in [9.17, 15) is 0 Å². The fourth-order valence-corrected chi connectivity index (χ4v) is 7.45. The van der Waals surface area contributed by atoms with Crippen LogP contribution >= 0.6 is 0 Å². The number of allylic oxidation sites excluding steroid dienone is 7. The van der Waals surface area contributed by atoms with Gasteiger partial charge in [-0.25, -0.2) is 0 Å². The van der Waals surface area contributed by atoms with Gasteiger partial charge < -0.3 is 4.90 Å². The third-order valence-electron chi connectivity index (χ3n) is 9.41. The lowest BCUT2D eigenvalue weighted by Gasteiger charge is -2.36. The van der Waals surface area contributed by atoms with Crippen LogP contribution in [-0.4, -0.2) is 0 Å². The molecule has 3 aliphatic rings. The molecule has 0 saturated heterocycles. The molecule has 0 atom stereocenters. The monoisotopic (exact) mass is 565 g/mol. The van der Waals surface area contributed by atoms with Gasteiger partial charge in [0.05, 0.1) is 5.41 Å². The molecule has 5 aromatic carbocycles. The Hall–Kier alpha value is -5.14. The maximum atomic E-state index is 2.50. The summed E-state index contributed by atoms with van der Waals surface area (Å²) < 4.78 is 0. The summed E-state index contributed by atoms with van der Waals surface area (Å²) in [5, 5.41) is 0. The maximum Gasteiger partial charge on any atom is 0.0714 e. The largest absolute Gasteiger partial charge is 0.315 e. The molecule has 5 aromatic rings. The highest BCUT2D eigenvalue weighted by Crippen LogP contribution is 2.57. The minimum atomic E-state index is -0.461. The lowest BCUT2D eigenvalue weighted by atomic mass is 9.67. The van der Waals surface area contributed by atoms with Crippen LogP contribution in [-0.2, 0) is 5.41 Å². The molecule has 212 valence electrons. The third-order valence-corrected chi connectivity index (χ3v) is 9.41. The van der Waals surface area contributed by atoms with Gasteiger partial charge in [0.2, 0.25) is 0 Å². The van der Waals surface area contributed by atoms with Crippen LogP contribution in [0, 0.1) is 0 Å². The SMILES string of the molecule is C1=CCCC(N(C2=CCCC=C2)c2ccc3c(c2)C(c2ccccc2)(c2ccccc2)c2cc(-c4ccccc4)ccc2-3)=C1. The van der Waals surface area contributed by atoms with Gasteiger partial charge in [-0.1, -0.05) is 133 Å². The summed E-state index contributed by atoms with van der Waals surface area (Å²) in [6.45, 7) is 0. The van der Waals surface area contributed by atoms with Gasteiger partial charge in [0.1, 0.15) is 0 Å². The van der Waals surface area contributed by atoms with E-state index in [1.807, 2.05) is 0 Å². The summed E-state index contributed by atoms with van der Waals surface area (Å²) in [6, 6.07) is 47.3. The molecule has 0 spiro atoms. The molecular weight excluding hydrogens is 530 g/mol. The van der Waals surface area contributed by atoms with E-state index >= 15 is 0 Å². The molecule has 0 saturated carbocycles. The van der Waals surface area contributed by atoms with Crippen molar-refractivity contribution in [3.8, 4) is 22.3 Å². The minimum absolute atomic E-state index is 0.461. The zero-order chi connectivity index (χ0) is 29.3. The van der Waals surface area contributed by atoms with Gasteiger partial charge in [-0.15, -0.1) is 0 Å². The second-order valence-electron chi connectivity index (χ2n) is 11.9. The van der Waals surface area contributed by atoms with Gasteiger partial charge in [-0.05, 0) is 101 Å². The summed E-state index contributed by atoms with van der Waals surface area (Å²) >= 11 is 0. The van der Waals surface area contributed by atoms with Crippen molar-refractivity contribution >= 4 is 5.69 Å². The first kappa shape index (κ1) is 26.5. The zero-order valence-electron chi connectivity index (χ0n) is 24.9. The number of fused-ring (bicyclic) bond motifs is 3. The molecule has 8 rings (SSSR count). The summed E-state index contributed by atoms with van der Waals surface area (Å²) in [5.74, 6) is 0. The van der Waals surface area contributed by atoms with E-state index < -0.39 is 5.41 Å². The molecule has 1 heteroatoms. The fourth-order valence-electron chi connectivity index (χ4n) is 7.45. The number of benzene rings is 5. The average molecular weight is 566 g/mol. The Morgan fingerprint density at radius 2 is 1.20 bits per heavy atom. The molecule has 0 N–H and O–H groups in total. The molecule has 0 amide bonds. The molecular formula is C43H35N. The Labute approximate surface area is 260 Å². The highest BCUT2D eigenvalue weighted by molar-refractivity contribution is 5.90. The van der Waals surface area contributed by atoms with Crippen LogP contribution < -0.4 is 4.90 Å². The van der Waals surface area contributed by atoms with Gasteiger partial charge >= 0.3 is 0 Å². The smallest absolute Gasteiger partial charge is 0.0714 e. The highest BCUT2D eigenvalue weighted by atomic mass is 15.2. The summed E-state index contributed by atoms with van der Waals surface area (Å²) in [5.41, 5.74) is 13.7. The highest BCUT2D eigenvalue weighted by Gasteiger charge is 2.46. The Morgan fingerprint density at radius 3 is 1.84 bits per heavy atom. The van der Waals surface area contributed by atoms with Gasteiger partial charge in [-0.2, -0.15) is 0 Å². The first-order valence-corrected chi connectivity index (χ1v) is 15.8. The molecule has 44 heavy (non-hydrogen) atoms. The maximum absolute atomic E-state index is 2.50. The Bertz CT molecular complexity index is 1900. The summed E-state index contributed by atoms with van der Waals surface area (Å²) in [6.07, 6.45) is 18.1. The number of anilines is 1. The molecule has 0 heterocycles. The van der Waals surface area contributed by atoms with E-state index in [2.05, 4.69) is 169 Å². The first-order chi connectivity index (χ1) is 21.8. The quantitative estimate of drug-likeness (QED) is 0.194. The van der Waals surface area contributed by atoms with Crippen LogP contribution in [0.2, 0.25) is 0 Å². The Kier molecular flexibility index (Phi) is 6.72. The first-order valence-electron chi connectivity index (χ1n) is 15.8. The minimum Gasteiger partial charge on any atom is -0.315 e. The summed E-state index contributed by atoms with van der Waals surface area (Å²) in [7, 11) is 0. The van der Waals surface area contributed by atoms with Gasteiger partial charge in [-0.3, -0.25) is 0 Å². The van der Waals surface area contributed by atoms with Crippen LogP contribution in [0.15, 0.2) is 175 Å². The number of rotatable bonds is 6. The Balaban J connectivity index is 1.42. The number of nitrogens with zero attached hydrogens (tertiary/aromatic N) is 1. The standard InChI is InChI=1S/C43H35N/c1-6-16-32(17-7-1)33-26-28-39-40-29-27-38(44(36-22-12-4-13-23-36)37-24-14-5-15-25-37)31-42(40)43(41(39)30-33,34-18-8-2-9-19-34)35-20-10-3-11-21-35/h1-4,6-12,14,16-22,24-31H,5,13,15,23H2. The van der Waals surface area contributed by atoms with E-state index in [0.29, 0.717) is 0 Å². The van der Waals surface area contributed by atoms with Crippen LogP contribution in [0.1, 0.15) is 47.9 Å². The van der Waals surface area contributed by atoms with Crippen molar-refractivity contribution in [3.05, 3.63) is 197 Å². The van der Waals surface area contributed by atoms with Gasteiger partial charge in [0, 0.05) is 17.1 Å². The molecule has 1 nitrogen and oxygen atoms in total. The van der Waals surface area contributed by atoms with Gasteiger partial charge in [0.25, 0.3) is 0 Å². The van der Waals surface area contributed by atoms with E-state index in [1.54, 1.807) is 0 Å².